The molecular formula is C21H23ClIN5O2. The second kappa shape index (κ2) is 10.6. The maximum absolute atomic E-state index is 6.01. The lowest BCUT2D eigenvalue weighted by Gasteiger charge is -2.15. The number of halogens is 2. The van der Waals surface area contributed by atoms with Crippen molar-refractivity contribution in [2.75, 3.05) is 20.1 Å². The Labute approximate surface area is 197 Å². The van der Waals surface area contributed by atoms with E-state index in [-0.39, 0.29) is 30.1 Å². The van der Waals surface area contributed by atoms with Gasteiger partial charge in [-0.2, -0.15) is 4.98 Å². The van der Waals surface area contributed by atoms with Gasteiger partial charge < -0.3 is 19.9 Å². The number of fused-ring (bicyclic) bond motifs is 1. The number of ether oxygens (including phenoxy) is 1. The minimum absolute atomic E-state index is 0. The van der Waals surface area contributed by atoms with Gasteiger partial charge in [-0.3, -0.25) is 4.99 Å². The van der Waals surface area contributed by atoms with Crippen molar-refractivity contribution in [1.82, 2.24) is 20.8 Å². The molecule has 30 heavy (non-hydrogen) atoms. The third-order valence-electron chi connectivity index (χ3n) is 4.62. The number of nitrogens with one attached hydrogen (secondary N) is 2. The van der Waals surface area contributed by atoms with Crippen LogP contribution in [0.3, 0.4) is 0 Å². The van der Waals surface area contributed by atoms with Gasteiger partial charge in [0.15, 0.2) is 5.96 Å². The molecule has 2 aromatic carbocycles. The summed E-state index contributed by atoms with van der Waals surface area (Å²) in [6.07, 6.45) is 1.58. The standard InChI is InChI=1S/C21H22ClN5O2.HI/c1-23-21(25-13-17-12-14-5-2-3-8-18(14)28-17)24-10-9-19-26-20(27-29-19)15-6-4-7-16(22)11-15;/h2-8,11,17H,9-10,12-13H2,1H3,(H2,23,24,25);1H. The molecule has 2 heterocycles. The molecule has 1 aromatic heterocycles. The van der Waals surface area contributed by atoms with Crippen LogP contribution in [0.4, 0.5) is 0 Å². The summed E-state index contributed by atoms with van der Waals surface area (Å²) in [5.41, 5.74) is 2.07. The van der Waals surface area contributed by atoms with E-state index in [0.717, 1.165) is 17.7 Å². The van der Waals surface area contributed by atoms with Gasteiger partial charge in [0.05, 0.1) is 6.54 Å². The van der Waals surface area contributed by atoms with Crippen LogP contribution in [0.5, 0.6) is 5.75 Å². The summed E-state index contributed by atoms with van der Waals surface area (Å²) in [6, 6.07) is 15.5. The average molecular weight is 540 g/mol. The molecule has 1 aliphatic rings. The number of aliphatic imine (C=N–C) groups is 1. The quantitative estimate of drug-likeness (QED) is 0.282. The third-order valence-corrected chi connectivity index (χ3v) is 4.85. The van der Waals surface area contributed by atoms with E-state index in [0.29, 0.717) is 42.2 Å². The second-order valence-corrected chi connectivity index (χ2v) is 7.14. The lowest BCUT2D eigenvalue weighted by atomic mass is 10.1. The highest BCUT2D eigenvalue weighted by Crippen LogP contribution is 2.27. The normalized spacial score (nSPS) is 15.1. The van der Waals surface area contributed by atoms with Gasteiger partial charge in [0.1, 0.15) is 11.9 Å². The minimum atomic E-state index is 0. The first kappa shape index (κ1) is 22.4. The maximum Gasteiger partial charge on any atom is 0.228 e. The first-order chi connectivity index (χ1) is 14.2. The molecule has 3 aromatic rings. The number of nitrogens with zero attached hydrogens (tertiary/aromatic N) is 3. The zero-order valence-corrected chi connectivity index (χ0v) is 19.6. The van der Waals surface area contributed by atoms with Gasteiger partial charge in [0.2, 0.25) is 11.7 Å². The van der Waals surface area contributed by atoms with E-state index in [2.05, 4.69) is 31.8 Å². The first-order valence-corrected chi connectivity index (χ1v) is 9.86. The summed E-state index contributed by atoms with van der Waals surface area (Å²) in [7, 11) is 1.74. The van der Waals surface area contributed by atoms with Gasteiger partial charge >= 0.3 is 0 Å². The lowest BCUT2D eigenvalue weighted by molar-refractivity contribution is 0.235. The van der Waals surface area contributed by atoms with Crippen molar-refractivity contribution in [2.24, 2.45) is 4.99 Å². The maximum atomic E-state index is 6.01. The molecule has 1 aliphatic heterocycles. The van der Waals surface area contributed by atoms with Crippen molar-refractivity contribution in [3.63, 3.8) is 0 Å². The van der Waals surface area contributed by atoms with Crippen molar-refractivity contribution >= 4 is 41.5 Å². The Morgan fingerprint density at radius 2 is 2.07 bits per heavy atom. The number of hydrogen-bond donors (Lipinski definition) is 2. The largest absolute Gasteiger partial charge is 0.488 e. The molecular weight excluding hydrogens is 517 g/mol. The Morgan fingerprint density at radius 1 is 1.20 bits per heavy atom. The molecule has 1 unspecified atom stereocenters. The van der Waals surface area contributed by atoms with Crippen molar-refractivity contribution in [3.05, 3.63) is 65.0 Å². The predicted octanol–water partition coefficient (Wildman–Crippen LogP) is 3.72. The highest BCUT2D eigenvalue weighted by Gasteiger charge is 2.22. The molecule has 7 nitrogen and oxygen atoms in total. The predicted molar refractivity (Wildman–Crippen MR) is 128 cm³/mol. The van der Waals surface area contributed by atoms with Crippen molar-refractivity contribution in [2.45, 2.75) is 18.9 Å². The zero-order valence-electron chi connectivity index (χ0n) is 16.5. The molecule has 0 radical (unpaired) electrons. The van der Waals surface area contributed by atoms with E-state index in [1.54, 1.807) is 7.05 Å². The van der Waals surface area contributed by atoms with E-state index >= 15 is 0 Å². The fraction of sp³-hybridized carbons (Fsp3) is 0.286. The van der Waals surface area contributed by atoms with E-state index in [1.165, 1.54) is 5.56 Å². The summed E-state index contributed by atoms with van der Waals surface area (Å²) < 4.78 is 11.3. The zero-order chi connectivity index (χ0) is 20.1. The Hall–Kier alpha value is -2.33. The van der Waals surface area contributed by atoms with Gasteiger partial charge in [-0.05, 0) is 23.8 Å². The molecule has 158 valence electrons. The Balaban J connectivity index is 0.00000256. The highest BCUT2D eigenvalue weighted by molar-refractivity contribution is 14.0. The van der Waals surface area contributed by atoms with Gasteiger partial charge in [-0.15, -0.1) is 24.0 Å². The average Bonchev–Trinajstić information content (AvgIpc) is 3.37. The van der Waals surface area contributed by atoms with Crippen LogP contribution in [-0.4, -0.2) is 42.3 Å². The van der Waals surface area contributed by atoms with Crippen LogP contribution >= 0.6 is 35.6 Å². The smallest absolute Gasteiger partial charge is 0.228 e. The van der Waals surface area contributed by atoms with Crippen LogP contribution < -0.4 is 15.4 Å². The molecule has 0 saturated carbocycles. The fourth-order valence-electron chi connectivity index (χ4n) is 3.19. The fourth-order valence-corrected chi connectivity index (χ4v) is 3.38. The molecule has 0 spiro atoms. The van der Waals surface area contributed by atoms with E-state index in [4.69, 9.17) is 20.9 Å². The highest BCUT2D eigenvalue weighted by atomic mass is 127. The molecule has 0 fully saturated rings. The van der Waals surface area contributed by atoms with Crippen LogP contribution in [0.15, 0.2) is 58.0 Å². The lowest BCUT2D eigenvalue weighted by Crippen LogP contribution is -2.42. The van der Waals surface area contributed by atoms with Crippen molar-refractivity contribution < 1.29 is 9.26 Å². The third kappa shape index (κ3) is 5.63. The Kier molecular flexibility index (Phi) is 7.92. The van der Waals surface area contributed by atoms with Crippen LogP contribution in [-0.2, 0) is 12.8 Å². The van der Waals surface area contributed by atoms with E-state index in [1.807, 2.05) is 42.5 Å². The summed E-state index contributed by atoms with van der Waals surface area (Å²) in [5, 5.41) is 11.2. The van der Waals surface area contributed by atoms with Crippen LogP contribution in [0.25, 0.3) is 11.4 Å². The monoisotopic (exact) mass is 539 g/mol. The molecule has 9 heteroatoms. The summed E-state index contributed by atoms with van der Waals surface area (Å²) in [5.74, 6) is 2.76. The van der Waals surface area contributed by atoms with Gasteiger partial charge in [-0.1, -0.05) is 47.1 Å². The summed E-state index contributed by atoms with van der Waals surface area (Å²) in [4.78, 5) is 8.67. The first-order valence-electron chi connectivity index (χ1n) is 9.49. The number of aromatic nitrogens is 2. The van der Waals surface area contributed by atoms with Crippen molar-refractivity contribution in [3.8, 4) is 17.1 Å². The second-order valence-electron chi connectivity index (χ2n) is 6.70. The van der Waals surface area contributed by atoms with E-state index < -0.39 is 0 Å². The van der Waals surface area contributed by atoms with Crippen LogP contribution in [0, 0.1) is 0 Å². The van der Waals surface area contributed by atoms with Gasteiger partial charge in [0, 0.05) is 37.0 Å². The van der Waals surface area contributed by atoms with Crippen molar-refractivity contribution in [1.29, 1.82) is 0 Å². The number of benzene rings is 2. The minimum Gasteiger partial charge on any atom is -0.488 e. The topological polar surface area (TPSA) is 84.6 Å². The molecule has 4 rings (SSSR count). The molecule has 2 N–H and O–H groups in total. The molecule has 0 aliphatic carbocycles. The SMILES string of the molecule is CN=C(NCCc1nc(-c2cccc(Cl)c2)no1)NCC1Cc2ccccc2O1.I. The summed E-state index contributed by atoms with van der Waals surface area (Å²) in [6.45, 7) is 1.29. The van der Waals surface area contributed by atoms with E-state index in [9.17, 15) is 0 Å². The number of hydrogen-bond acceptors (Lipinski definition) is 5. The number of para-hydroxylation sites is 1. The Morgan fingerprint density at radius 3 is 2.87 bits per heavy atom. The molecule has 0 amide bonds. The number of guanidine groups is 1. The summed E-state index contributed by atoms with van der Waals surface area (Å²) >= 11 is 6.01. The van der Waals surface area contributed by atoms with Crippen LogP contribution in [0.1, 0.15) is 11.5 Å². The van der Waals surface area contributed by atoms with Crippen LogP contribution in [0.2, 0.25) is 5.02 Å². The molecule has 0 bridgehead atoms. The number of rotatable bonds is 6. The van der Waals surface area contributed by atoms with Gasteiger partial charge in [-0.25, -0.2) is 0 Å². The molecule has 1 atom stereocenters. The van der Waals surface area contributed by atoms with Gasteiger partial charge in [0.25, 0.3) is 0 Å². The molecule has 0 saturated heterocycles. The Bertz CT molecular complexity index is 985.